The van der Waals surface area contributed by atoms with E-state index in [1.54, 1.807) is 0 Å². The Hall–Kier alpha value is -1.42. The zero-order chi connectivity index (χ0) is 12.8. The Kier molecular flexibility index (Phi) is 5.10. The van der Waals surface area contributed by atoms with Gasteiger partial charge in [-0.05, 0) is 37.6 Å². The molecule has 3 aliphatic rings. The van der Waals surface area contributed by atoms with E-state index in [1.807, 2.05) is 0 Å². The van der Waals surface area contributed by atoms with Gasteiger partial charge >= 0.3 is 11.9 Å². The molecule has 0 spiro atoms. The van der Waals surface area contributed by atoms with Crippen molar-refractivity contribution in [1.82, 2.24) is 0 Å². The molecule has 1 heterocycles. The zero-order valence-electron chi connectivity index (χ0n) is 10.3. The summed E-state index contributed by atoms with van der Waals surface area (Å²) >= 11 is 0. The number of hydrogen-bond donors (Lipinski definition) is 1. The summed E-state index contributed by atoms with van der Waals surface area (Å²) in [7, 11) is 1.50. The molecular weight excluding hydrogens is 218 g/mol. The summed E-state index contributed by atoms with van der Waals surface area (Å²) in [5.74, 6) is 1.76. The molecule has 1 saturated carbocycles. The number of fused-ring (bicyclic) bond motifs is 2. The van der Waals surface area contributed by atoms with Crippen LogP contribution < -0.4 is 5.73 Å². The zero-order valence-corrected chi connectivity index (χ0v) is 10.3. The van der Waals surface area contributed by atoms with Crippen LogP contribution in [0.15, 0.2) is 24.3 Å². The number of esters is 2. The van der Waals surface area contributed by atoms with Crippen molar-refractivity contribution < 1.29 is 14.3 Å². The van der Waals surface area contributed by atoms with Crippen LogP contribution in [0.5, 0.6) is 0 Å². The van der Waals surface area contributed by atoms with Gasteiger partial charge in [-0.15, -0.1) is 0 Å². The van der Waals surface area contributed by atoms with E-state index in [4.69, 9.17) is 0 Å². The maximum Gasteiger partial charge on any atom is 0.338 e. The van der Waals surface area contributed by atoms with E-state index in [0.717, 1.165) is 29.9 Å². The van der Waals surface area contributed by atoms with Gasteiger partial charge in [0.05, 0.1) is 0 Å². The highest BCUT2D eigenvalue weighted by Crippen LogP contribution is 2.42. The van der Waals surface area contributed by atoms with E-state index in [2.05, 4.69) is 29.5 Å². The maximum atomic E-state index is 9.92. The SMILES string of the molecule is CC1CC2C=CC1C2.CN.O=C1C=CC(=O)O1. The second-order valence-electron chi connectivity index (χ2n) is 4.33. The molecule has 0 amide bonds. The molecule has 0 aromatic carbocycles. The topological polar surface area (TPSA) is 69.4 Å². The van der Waals surface area contributed by atoms with Crippen molar-refractivity contribution in [1.29, 1.82) is 0 Å². The molecule has 1 aliphatic heterocycles. The third-order valence-corrected chi connectivity index (χ3v) is 3.17. The van der Waals surface area contributed by atoms with Gasteiger partial charge in [-0.1, -0.05) is 19.1 Å². The van der Waals surface area contributed by atoms with Crippen molar-refractivity contribution in [3.8, 4) is 0 Å². The van der Waals surface area contributed by atoms with Crippen LogP contribution in [0.25, 0.3) is 0 Å². The van der Waals surface area contributed by atoms with Crippen LogP contribution in [0.1, 0.15) is 19.8 Å². The van der Waals surface area contributed by atoms with Gasteiger partial charge in [0, 0.05) is 12.2 Å². The average molecular weight is 237 g/mol. The Morgan fingerprint density at radius 1 is 1.12 bits per heavy atom. The highest BCUT2D eigenvalue weighted by atomic mass is 16.6. The molecule has 3 unspecified atom stereocenters. The summed E-state index contributed by atoms with van der Waals surface area (Å²) in [6.45, 7) is 2.37. The molecule has 4 nitrogen and oxygen atoms in total. The van der Waals surface area contributed by atoms with Crippen molar-refractivity contribution >= 4 is 11.9 Å². The summed E-state index contributed by atoms with van der Waals surface area (Å²) in [4.78, 5) is 19.8. The Balaban J connectivity index is 0.000000150. The molecule has 4 heteroatoms. The smallest absolute Gasteiger partial charge is 0.338 e. The van der Waals surface area contributed by atoms with Crippen molar-refractivity contribution in [3.05, 3.63) is 24.3 Å². The Morgan fingerprint density at radius 2 is 1.71 bits per heavy atom. The number of ether oxygens (including phenoxy) is 1. The first kappa shape index (κ1) is 13.6. The molecule has 0 radical (unpaired) electrons. The van der Waals surface area contributed by atoms with E-state index >= 15 is 0 Å². The average Bonchev–Trinajstić information content (AvgIpc) is 2.99. The number of allylic oxidation sites excluding steroid dienone is 2. The van der Waals surface area contributed by atoms with Crippen LogP contribution in [0.2, 0.25) is 0 Å². The van der Waals surface area contributed by atoms with Crippen molar-refractivity contribution in [2.45, 2.75) is 19.8 Å². The lowest BCUT2D eigenvalue weighted by Gasteiger charge is -2.09. The molecule has 2 aliphatic carbocycles. The first-order valence-corrected chi connectivity index (χ1v) is 5.85. The molecule has 1 fully saturated rings. The highest BCUT2D eigenvalue weighted by Gasteiger charge is 2.32. The number of nitrogens with two attached hydrogens (primary N) is 1. The summed E-state index contributed by atoms with van der Waals surface area (Å²) in [5, 5.41) is 0. The van der Waals surface area contributed by atoms with Crippen LogP contribution in [-0.2, 0) is 14.3 Å². The van der Waals surface area contributed by atoms with E-state index in [0.29, 0.717) is 0 Å². The Labute approximate surface area is 102 Å². The first-order valence-electron chi connectivity index (χ1n) is 5.85. The van der Waals surface area contributed by atoms with Crippen LogP contribution in [0.4, 0.5) is 0 Å². The minimum absolute atomic E-state index is 0.579. The molecule has 0 aromatic heterocycles. The second-order valence-corrected chi connectivity index (χ2v) is 4.33. The normalized spacial score (nSPS) is 31.6. The number of rotatable bonds is 0. The number of hydrogen-bond acceptors (Lipinski definition) is 4. The molecule has 3 rings (SSSR count). The summed E-state index contributed by atoms with van der Waals surface area (Å²) in [5.41, 5.74) is 4.50. The van der Waals surface area contributed by atoms with Gasteiger partial charge in [0.1, 0.15) is 0 Å². The minimum atomic E-state index is -0.579. The number of carbonyl (C=O) groups excluding carboxylic acids is 2. The fraction of sp³-hybridized carbons (Fsp3) is 0.538. The van der Waals surface area contributed by atoms with E-state index in [1.165, 1.54) is 19.9 Å². The molecule has 17 heavy (non-hydrogen) atoms. The highest BCUT2D eigenvalue weighted by molar-refractivity contribution is 6.04. The van der Waals surface area contributed by atoms with Crippen LogP contribution >= 0.6 is 0 Å². The van der Waals surface area contributed by atoms with Crippen molar-refractivity contribution in [3.63, 3.8) is 0 Å². The lowest BCUT2D eigenvalue weighted by Crippen LogP contribution is -1.99. The molecule has 0 saturated heterocycles. The predicted octanol–water partition coefficient (Wildman–Crippen LogP) is 1.42. The van der Waals surface area contributed by atoms with Crippen LogP contribution in [0, 0.1) is 17.8 Å². The van der Waals surface area contributed by atoms with E-state index in [9.17, 15) is 9.59 Å². The lowest BCUT2D eigenvalue weighted by molar-refractivity contribution is -0.150. The third kappa shape index (κ3) is 3.82. The Morgan fingerprint density at radius 3 is 1.88 bits per heavy atom. The fourth-order valence-corrected chi connectivity index (χ4v) is 2.36. The van der Waals surface area contributed by atoms with Gasteiger partial charge in [0.25, 0.3) is 0 Å². The largest absolute Gasteiger partial charge is 0.387 e. The third-order valence-electron chi connectivity index (χ3n) is 3.17. The summed E-state index contributed by atoms with van der Waals surface area (Å²) in [6.07, 6.45) is 9.89. The summed E-state index contributed by atoms with van der Waals surface area (Å²) < 4.78 is 3.97. The van der Waals surface area contributed by atoms with Gasteiger partial charge in [-0.25, -0.2) is 9.59 Å². The van der Waals surface area contributed by atoms with Crippen molar-refractivity contribution in [2.24, 2.45) is 23.5 Å². The minimum Gasteiger partial charge on any atom is -0.387 e. The molecule has 2 N–H and O–H groups in total. The molecule has 2 bridgehead atoms. The maximum absolute atomic E-state index is 9.92. The fourth-order valence-electron chi connectivity index (χ4n) is 2.36. The second kappa shape index (κ2) is 6.35. The first-order chi connectivity index (χ1) is 8.15. The molecular formula is C13H19NO3. The predicted molar refractivity (Wildman–Crippen MR) is 64.9 cm³/mol. The standard InChI is InChI=1S/C8H12.C4H2O3.CH5N/c1-6-4-7-2-3-8(6)5-7;5-3-1-2-4(6)7-3;1-2/h2-3,6-8H,4-5H2,1H3;1-2H;2H2,1H3. The van der Waals surface area contributed by atoms with E-state index in [-0.39, 0.29) is 0 Å². The van der Waals surface area contributed by atoms with Gasteiger partial charge in [0.2, 0.25) is 0 Å². The molecule has 94 valence electrons. The Bertz CT molecular complexity index is 331. The van der Waals surface area contributed by atoms with Crippen molar-refractivity contribution in [2.75, 3.05) is 7.05 Å². The van der Waals surface area contributed by atoms with Crippen LogP contribution in [0.3, 0.4) is 0 Å². The molecule has 3 atom stereocenters. The lowest BCUT2D eigenvalue weighted by atomic mass is 9.96. The monoisotopic (exact) mass is 237 g/mol. The van der Waals surface area contributed by atoms with Gasteiger partial charge in [-0.3, -0.25) is 0 Å². The van der Waals surface area contributed by atoms with Gasteiger partial charge < -0.3 is 10.5 Å². The number of cyclic esters (lactones) is 2. The number of carbonyl (C=O) groups is 2. The quantitative estimate of drug-likeness (QED) is 0.393. The van der Waals surface area contributed by atoms with Gasteiger partial charge in [0.15, 0.2) is 0 Å². The summed E-state index contributed by atoms with van der Waals surface area (Å²) in [6, 6.07) is 0. The van der Waals surface area contributed by atoms with E-state index < -0.39 is 11.9 Å². The molecule has 0 aromatic rings. The van der Waals surface area contributed by atoms with Crippen LogP contribution in [-0.4, -0.2) is 19.0 Å². The van der Waals surface area contributed by atoms with Gasteiger partial charge in [-0.2, -0.15) is 0 Å².